The number of carbonyl (C=O) groups is 1. The molecule has 6 nitrogen and oxygen atoms in total. The summed E-state index contributed by atoms with van der Waals surface area (Å²) < 4.78 is 1.82. The maximum Gasteiger partial charge on any atom is 0.308 e. The lowest BCUT2D eigenvalue weighted by Crippen LogP contribution is -2.40. The molecule has 0 spiro atoms. The first kappa shape index (κ1) is 11.2. The van der Waals surface area contributed by atoms with Crippen molar-refractivity contribution in [3.63, 3.8) is 0 Å². The molecule has 0 amide bonds. The van der Waals surface area contributed by atoms with Crippen molar-refractivity contribution in [2.45, 2.75) is 12.3 Å². The van der Waals surface area contributed by atoms with Gasteiger partial charge in [0.25, 0.3) is 0 Å². The van der Waals surface area contributed by atoms with E-state index in [0.29, 0.717) is 12.3 Å². The summed E-state index contributed by atoms with van der Waals surface area (Å²) in [6, 6.07) is 1.89. The van der Waals surface area contributed by atoms with E-state index < -0.39 is 11.9 Å². The van der Waals surface area contributed by atoms with Crippen LogP contribution in [0.25, 0.3) is 5.78 Å². The highest BCUT2D eigenvalue weighted by Gasteiger charge is 2.32. The number of aliphatic carboxylic acids is 1. The van der Waals surface area contributed by atoms with Gasteiger partial charge < -0.3 is 10.4 Å². The molecule has 2 aromatic rings. The molecule has 6 heteroatoms. The average Bonchev–Trinajstić information content (AvgIpc) is 2.85. The minimum atomic E-state index is -0.766. The van der Waals surface area contributed by atoms with Gasteiger partial charge in [0.1, 0.15) is 0 Å². The van der Waals surface area contributed by atoms with Crippen molar-refractivity contribution in [1.29, 1.82) is 0 Å². The van der Waals surface area contributed by atoms with Gasteiger partial charge in [0.15, 0.2) is 0 Å². The Morgan fingerprint density at radius 1 is 1.50 bits per heavy atom. The molecule has 0 aromatic carbocycles. The number of carboxylic acid groups (broad SMARTS) is 1. The Hall–Kier alpha value is -1.95. The van der Waals surface area contributed by atoms with Gasteiger partial charge in [0.2, 0.25) is 5.78 Å². The molecule has 3 rings (SSSR count). The molecule has 1 aliphatic rings. The summed E-state index contributed by atoms with van der Waals surface area (Å²) in [6.45, 7) is 1.33. The molecule has 0 aliphatic carbocycles. The van der Waals surface area contributed by atoms with Gasteiger partial charge in [-0.1, -0.05) is 0 Å². The van der Waals surface area contributed by atoms with Gasteiger partial charge in [-0.25, -0.2) is 9.97 Å². The van der Waals surface area contributed by atoms with E-state index in [9.17, 15) is 9.90 Å². The number of hydrogen-bond donors (Lipinski definition) is 2. The van der Waals surface area contributed by atoms with Gasteiger partial charge in [-0.2, -0.15) is 0 Å². The van der Waals surface area contributed by atoms with Crippen LogP contribution in [0.4, 0.5) is 0 Å². The molecule has 2 unspecified atom stereocenters. The van der Waals surface area contributed by atoms with E-state index in [1.165, 1.54) is 0 Å². The number of piperidine rings is 1. The van der Waals surface area contributed by atoms with E-state index in [2.05, 4.69) is 15.3 Å². The normalized spacial score (nSPS) is 24.2. The Balaban J connectivity index is 1.97. The van der Waals surface area contributed by atoms with Crippen molar-refractivity contribution in [2.24, 2.45) is 5.92 Å². The fourth-order valence-electron chi connectivity index (χ4n) is 2.50. The number of fused-ring (bicyclic) bond motifs is 1. The van der Waals surface area contributed by atoms with Gasteiger partial charge in [-0.3, -0.25) is 9.20 Å². The summed E-state index contributed by atoms with van der Waals surface area (Å²) in [5.41, 5.74) is 0.822. The van der Waals surface area contributed by atoms with Gasteiger partial charge in [0, 0.05) is 36.7 Å². The SMILES string of the molecule is O=C(O)C1CNCCC1c1ccn2ccnc2n1. The summed E-state index contributed by atoms with van der Waals surface area (Å²) >= 11 is 0. The van der Waals surface area contributed by atoms with Crippen LogP contribution in [-0.4, -0.2) is 38.5 Å². The summed E-state index contributed by atoms with van der Waals surface area (Å²) in [5, 5.41) is 12.4. The molecular weight excluding hydrogens is 232 g/mol. The Bertz CT molecular complexity index is 580. The Morgan fingerprint density at radius 3 is 3.22 bits per heavy atom. The summed E-state index contributed by atoms with van der Waals surface area (Å²) in [5.74, 6) is -0.596. The average molecular weight is 246 g/mol. The lowest BCUT2D eigenvalue weighted by molar-refractivity contribution is -0.143. The molecule has 2 aromatic heterocycles. The lowest BCUT2D eigenvalue weighted by Gasteiger charge is -2.28. The molecule has 1 saturated heterocycles. The highest BCUT2D eigenvalue weighted by Crippen LogP contribution is 2.29. The van der Waals surface area contributed by atoms with Gasteiger partial charge in [-0.05, 0) is 19.0 Å². The third-order valence-corrected chi connectivity index (χ3v) is 3.46. The number of hydrogen-bond acceptors (Lipinski definition) is 4. The number of aromatic nitrogens is 3. The molecule has 1 fully saturated rings. The summed E-state index contributed by atoms with van der Waals surface area (Å²) in [6.07, 6.45) is 6.18. The number of carboxylic acids is 1. The second-order valence-electron chi connectivity index (χ2n) is 4.53. The van der Waals surface area contributed by atoms with Gasteiger partial charge >= 0.3 is 5.97 Å². The zero-order valence-corrected chi connectivity index (χ0v) is 9.78. The molecule has 94 valence electrons. The van der Waals surface area contributed by atoms with Crippen LogP contribution in [-0.2, 0) is 4.79 Å². The van der Waals surface area contributed by atoms with Crippen LogP contribution < -0.4 is 5.32 Å². The van der Waals surface area contributed by atoms with E-state index >= 15 is 0 Å². The predicted octanol–water partition coefficient (Wildman–Crippen LogP) is 0.507. The second-order valence-corrected chi connectivity index (χ2v) is 4.53. The standard InChI is InChI=1S/C12H14N4O2/c17-11(18)9-7-13-3-1-8(9)10-2-5-16-6-4-14-12(16)15-10/h2,4-6,8-9,13H,1,3,7H2,(H,17,18). The van der Waals surface area contributed by atoms with E-state index in [-0.39, 0.29) is 5.92 Å². The zero-order valence-electron chi connectivity index (χ0n) is 9.78. The van der Waals surface area contributed by atoms with Crippen LogP contribution >= 0.6 is 0 Å². The molecule has 3 heterocycles. The van der Waals surface area contributed by atoms with Crippen molar-refractivity contribution >= 4 is 11.7 Å². The molecule has 1 aliphatic heterocycles. The monoisotopic (exact) mass is 246 g/mol. The number of imidazole rings is 1. The van der Waals surface area contributed by atoms with Crippen molar-refractivity contribution in [3.8, 4) is 0 Å². The number of nitrogens with zero attached hydrogens (tertiary/aromatic N) is 3. The maximum atomic E-state index is 11.3. The Morgan fingerprint density at radius 2 is 2.39 bits per heavy atom. The van der Waals surface area contributed by atoms with Crippen molar-refractivity contribution in [1.82, 2.24) is 19.7 Å². The molecule has 0 bridgehead atoms. The minimum Gasteiger partial charge on any atom is -0.481 e. The molecule has 2 atom stereocenters. The third kappa shape index (κ3) is 1.84. The third-order valence-electron chi connectivity index (χ3n) is 3.46. The minimum absolute atomic E-state index is 0.0366. The van der Waals surface area contributed by atoms with Crippen molar-refractivity contribution < 1.29 is 9.90 Å². The van der Waals surface area contributed by atoms with E-state index in [1.807, 2.05) is 22.9 Å². The fraction of sp³-hybridized carbons (Fsp3) is 0.417. The quantitative estimate of drug-likeness (QED) is 0.807. The summed E-state index contributed by atoms with van der Waals surface area (Å²) in [4.78, 5) is 19.8. The van der Waals surface area contributed by atoms with Crippen molar-refractivity contribution in [3.05, 3.63) is 30.4 Å². The van der Waals surface area contributed by atoms with Crippen LogP contribution in [0.3, 0.4) is 0 Å². The highest BCUT2D eigenvalue weighted by molar-refractivity contribution is 5.71. The lowest BCUT2D eigenvalue weighted by atomic mass is 9.84. The molecule has 0 radical (unpaired) electrons. The van der Waals surface area contributed by atoms with E-state index in [4.69, 9.17) is 0 Å². The van der Waals surface area contributed by atoms with Crippen LogP contribution in [0.1, 0.15) is 18.0 Å². The zero-order chi connectivity index (χ0) is 12.5. The Kier molecular flexibility index (Phi) is 2.71. The highest BCUT2D eigenvalue weighted by atomic mass is 16.4. The maximum absolute atomic E-state index is 11.3. The number of nitrogens with one attached hydrogen (secondary N) is 1. The summed E-state index contributed by atoms with van der Waals surface area (Å²) in [7, 11) is 0. The van der Waals surface area contributed by atoms with E-state index in [0.717, 1.165) is 18.7 Å². The molecular formula is C12H14N4O2. The molecule has 18 heavy (non-hydrogen) atoms. The first-order chi connectivity index (χ1) is 8.75. The first-order valence-electron chi connectivity index (χ1n) is 5.99. The van der Waals surface area contributed by atoms with Gasteiger partial charge in [0.05, 0.1) is 5.92 Å². The van der Waals surface area contributed by atoms with Crippen LogP contribution in [0, 0.1) is 5.92 Å². The predicted molar refractivity (Wildman–Crippen MR) is 64.3 cm³/mol. The van der Waals surface area contributed by atoms with E-state index in [1.54, 1.807) is 6.20 Å². The number of rotatable bonds is 2. The smallest absolute Gasteiger partial charge is 0.308 e. The molecule has 2 N–H and O–H groups in total. The van der Waals surface area contributed by atoms with Crippen LogP contribution in [0.15, 0.2) is 24.7 Å². The van der Waals surface area contributed by atoms with Crippen LogP contribution in [0.5, 0.6) is 0 Å². The molecule has 0 saturated carbocycles. The fourth-order valence-corrected chi connectivity index (χ4v) is 2.50. The Labute approximate surface area is 104 Å². The van der Waals surface area contributed by atoms with Crippen LogP contribution in [0.2, 0.25) is 0 Å². The van der Waals surface area contributed by atoms with Crippen molar-refractivity contribution in [2.75, 3.05) is 13.1 Å². The first-order valence-corrected chi connectivity index (χ1v) is 5.99. The topological polar surface area (TPSA) is 79.5 Å². The van der Waals surface area contributed by atoms with Gasteiger partial charge in [-0.15, -0.1) is 0 Å². The second kappa shape index (κ2) is 4.38. The largest absolute Gasteiger partial charge is 0.481 e.